The van der Waals surface area contributed by atoms with Gasteiger partial charge in [0.1, 0.15) is 18.2 Å². The van der Waals surface area contributed by atoms with Gasteiger partial charge in [0.15, 0.2) is 11.5 Å². The molecule has 0 radical (unpaired) electrons. The molecule has 0 saturated carbocycles. The van der Waals surface area contributed by atoms with Crippen LogP contribution in [0.2, 0.25) is 0 Å². The second kappa shape index (κ2) is 7.17. The van der Waals surface area contributed by atoms with Gasteiger partial charge in [-0.15, -0.1) is 11.3 Å². The Bertz CT molecular complexity index is 937. The van der Waals surface area contributed by atoms with Gasteiger partial charge in [0.2, 0.25) is 5.91 Å². The van der Waals surface area contributed by atoms with Crippen LogP contribution >= 0.6 is 11.3 Å². The lowest BCUT2D eigenvalue weighted by Crippen LogP contribution is -2.17. The van der Waals surface area contributed by atoms with E-state index in [4.69, 9.17) is 9.47 Å². The summed E-state index contributed by atoms with van der Waals surface area (Å²) in [5.74, 6) is 1.29. The van der Waals surface area contributed by atoms with Crippen LogP contribution in [0.15, 0.2) is 48.5 Å². The first-order valence-corrected chi connectivity index (χ1v) is 9.22. The minimum atomic E-state index is -0.0759. The molecule has 4 rings (SSSR count). The molecule has 0 unspecified atom stereocenters. The van der Waals surface area contributed by atoms with Gasteiger partial charge in [-0.1, -0.05) is 30.3 Å². The van der Waals surface area contributed by atoms with Crippen molar-refractivity contribution in [1.82, 2.24) is 4.98 Å². The van der Waals surface area contributed by atoms with E-state index < -0.39 is 0 Å². The summed E-state index contributed by atoms with van der Waals surface area (Å²) in [6.07, 6.45) is 0.296. The molecular weight excluding hydrogens is 348 g/mol. The number of carbonyl (C=O) groups excluding carboxylic acids is 1. The van der Waals surface area contributed by atoms with Crippen LogP contribution in [0, 0.1) is 6.92 Å². The monoisotopic (exact) mass is 366 g/mol. The van der Waals surface area contributed by atoms with Crippen LogP contribution in [0.3, 0.4) is 0 Å². The van der Waals surface area contributed by atoms with Crippen molar-refractivity contribution in [3.63, 3.8) is 0 Å². The zero-order valence-corrected chi connectivity index (χ0v) is 15.1. The van der Waals surface area contributed by atoms with Gasteiger partial charge in [0, 0.05) is 22.2 Å². The summed E-state index contributed by atoms with van der Waals surface area (Å²) in [5.41, 5.74) is 2.66. The Hall–Kier alpha value is -2.86. The highest BCUT2D eigenvalue weighted by molar-refractivity contribution is 7.15. The number of aryl methyl sites for hydroxylation is 1. The standard InChI is InChI=1S/C20H18N2O3S/c1-13-18(26-20(21-13)14-5-3-2-4-6-14)12-19(23)22-15-7-8-16-17(11-15)25-10-9-24-16/h2-8,11H,9-10,12H2,1H3,(H,22,23). The summed E-state index contributed by atoms with van der Waals surface area (Å²) in [6.45, 7) is 3.01. The number of fused-ring (bicyclic) bond motifs is 1. The SMILES string of the molecule is Cc1nc(-c2ccccc2)sc1CC(=O)Nc1ccc2c(c1)OCCO2. The van der Waals surface area contributed by atoms with E-state index in [-0.39, 0.29) is 5.91 Å². The number of hydrogen-bond acceptors (Lipinski definition) is 5. The topological polar surface area (TPSA) is 60.5 Å². The zero-order chi connectivity index (χ0) is 17.9. The Labute approximate surface area is 155 Å². The minimum Gasteiger partial charge on any atom is -0.486 e. The Morgan fingerprint density at radius 2 is 1.88 bits per heavy atom. The molecule has 1 aromatic heterocycles. The van der Waals surface area contributed by atoms with E-state index in [1.54, 1.807) is 17.4 Å². The van der Waals surface area contributed by atoms with Crippen molar-refractivity contribution in [3.05, 3.63) is 59.1 Å². The normalized spacial score (nSPS) is 12.7. The van der Waals surface area contributed by atoms with Gasteiger partial charge >= 0.3 is 0 Å². The van der Waals surface area contributed by atoms with E-state index >= 15 is 0 Å². The molecule has 3 aromatic rings. The molecule has 0 saturated heterocycles. The Kier molecular flexibility index (Phi) is 4.58. The van der Waals surface area contributed by atoms with Crippen LogP contribution in [-0.2, 0) is 11.2 Å². The summed E-state index contributed by atoms with van der Waals surface area (Å²) in [6, 6.07) is 15.4. The molecule has 1 N–H and O–H groups in total. The second-order valence-electron chi connectivity index (χ2n) is 5.98. The molecule has 0 fully saturated rings. The predicted molar refractivity (Wildman–Crippen MR) is 102 cm³/mol. The summed E-state index contributed by atoms with van der Waals surface area (Å²) >= 11 is 1.56. The van der Waals surface area contributed by atoms with Crippen molar-refractivity contribution < 1.29 is 14.3 Å². The Balaban J connectivity index is 1.46. The van der Waals surface area contributed by atoms with Crippen LogP contribution in [0.1, 0.15) is 10.6 Å². The van der Waals surface area contributed by atoms with E-state index in [0.717, 1.165) is 21.1 Å². The average molecular weight is 366 g/mol. The van der Waals surface area contributed by atoms with E-state index in [0.29, 0.717) is 36.8 Å². The molecule has 0 spiro atoms. The van der Waals surface area contributed by atoms with Crippen molar-refractivity contribution >= 4 is 22.9 Å². The average Bonchev–Trinajstić information content (AvgIpc) is 3.03. The van der Waals surface area contributed by atoms with Gasteiger partial charge in [0.25, 0.3) is 0 Å². The van der Waals surface area contributed by atoms with Crippen molar-refractivity contribution in [3.8, 4) is 22.1 Å². The van der Waals surface area contributed by atoms with Crippen LogP contribution in [0.25, 0.3) is 10.6 Å². The van der Waals surface area contributed by atoms with E-state index in [2.05, 4.69) is 10.3 Å². The maximum absolute atomic E-state index is 12.4. The number of anilines is 1. The lowest BCUT2D eigenvalue weighted by molar-refractivity contribution is -0.115. The molecule has 1 aliphatic rings. The number of amides is 1. The highest BCUT2D eigenvalue weighted by Crippen LogP contribution is 2.33. The van der Waals surface area contributed by atoms with Crippen molar-refractivity contribution in [2.75, 3.05) is 18.5 Å². The molecule has 5 nitrogen and oxygen atoms in total. The van der Waals surface area contributed by atoms with Crippen LogP contribution < -0.4 is 14.8 Å². The highest BCUT2D eigenvalue weighted by atomic mass is 32.1. The summed E-state index contributed by atoms with van der Waals surface area (Å²) in [7, 11) is 0. The van der Waals surface area contributed by atoms with Gasteiger partial charge < -0.3 is 14.8 Å². The summed E-state index contributed by atoms with van der Waals surface area (Å²) < 4.78 is 11.0. The number of ether oxygens (including phenoxy) is 2. The molecule has 1 amide bonds. The fourth-order valence-corrected chi connectivity index (χ4v) is 3.83. The molecule has 1 aliphatic heterocycles. The first-order valence-electron chi connectivity index (χ1n) is 8.40. The first kappa shape index (κ1) is 16.6. The van der Waals surface area contributed by atoms with Crippen LogP contribution in [0.5, 0.6) is 11.5 Å². The molecule has 0 atom stereocenters. The first-order chi connectivity index (χ1) is 12.7. The third kappa shape index (κ3) is 3.55. The number of hydrogen-bond donors (Lipinski definition) is 1. The molecule has 132 valence electrons. The van der Waals surface area contributed by atoms with Crippen molar-refractivity contribution in [2.45, 2.75) is 13.3 Å². The van der Waals surface area contributed by atoms with Crippen LogP contribution in [-0.4, -0.2) is 24.1 Å². The van der Waals surface area contributed by atoms with Gasteiger partial charge in [-0.2, -0.15) is 0 Å². The Morgan fingerprint density at radius 1 is 1.12 bits per heavy atom. The molecular formula is C20H18N2O3S. The maximum atomic E-state index is 12.4. The highest BCUT2D eigenvalue weighted by Gasteiger charge is 2.15. The Morgan fingerprint density at radius 3 is 2.69 bits per heavy atom. The fraction of sp³-hybridized carbons (Fsp3) is 0.200. The number of nitrogens with one attached hydrogen (secondary N) is 1. The van der Waals surface area contributed by atoms with E-state index in [9.17, 15) is 4.79 Å². The number of aromatic nitrogens is 1. The predicted octanol–water partition coefficient (Wildman–Crippen LogP) is 4.07. The molecule has 0 bridgehead atoms. The zero-order valence-electron chi connectivity index (χ0n) is 14.3. The number of carbonyl (C=O) groups is 1. The van der Waals surface area contributed by atoms with Gasteiger partial charge in [0.05, 0.1) is 12.1 Å². The van der Waals surface area contributed by atoms with Crippen molar-refractivity contribution in [2.24, 2.45) is 0 Å². The number of rotatable bonds is 4. The number of nitrogens with zero attached hydrogens (tertiary/aromatic N) is 1. The lowest BCUT2D eigenvalue weighted by atomic mass is 10.2. The molecule has 2 aromatic carbocycles. The minimum absolute atomic E-state index is 0.0759. The second-order valence-corrected chi connectivity index (χ2v) is 7.06. The number of thiazole rings is 1. The van der Waals surface area contributed by atoms with E-state index in [1.807, 2.05) is 49.4 Å². The number of benzene rings is 2. The summed E-state index contributed by atoms with van der Waals surface area (Å²) in [4.78, 5) is 18.0. The van der Waals surface area contributed by atoms with Gasteiger partial charge in [-0.05, 0) is 19.1 Å². The van der Waals surface area contributed by atoms with Crippen molar-refractivity contribution in [1.29, 1.82) is 0 Å². The molecule has 6 heteroatoms. The maximum Gasteiger partial charge on any atom is 0.229 e. The fourth-order valence-electron chi connectivity index (χ4n) is 2.77. The quantitative estimate of drug-likeness (QED) is 0.756. The van der Waals surface area contributed by atoms with Crippen LogP contribution in [0.4, 0.5) is 5.69 Å². The molecule has 26 heavy (non-hydrogen) atoms. The third-order valence-corrected chi connectivity index (χ3v) is 5.27. The van der Waals surface area contributed by atoms with Gasteiger partial charge in [-0.25, -0.2) is 4.98 Å². The smallest absolute Gasteiger partial charge is 0.229 e. The molecule has 0 aliphatic carbocycles. The largest absolute Gasteiger partial charge is 0.486 e. The summed E-state index contributed by atoms with van der Waals surface area (Å²) in [5, 5.41) is 3.86. The van der Waals surface area contributed by atoms with E-state index in [1.165, 1.54) is 0 Å². The lowest BCUT2D eigenvalue weighted by Gasteiger charge is -2.19. The molecule has 2 heterocycles. The third-order valence-electron chi connectivity index (χ3n) is 4.06. The van der Waals surface area contributed by atoms with Gasteiger partial charge in [-0.3, -0.25) is 4.79 Å².